The van der Waals surface area contributed by atoms with Crippen molar-refractivity contribution in [1.29, 1.82) is 0 Å². The Morgan fingerprint density at radius 3 is 2.29 bits per heavy atom. The van der Waals surface area contributed by atoms with Crippen LogP contribution in [0.15, 0.2) is 54.6 Å². The van der Waals surface area contributed by atoms with E-state index in [2.05, 4.69) is 0 Å². The van der Waals surface area contributed by atoms with Gasteiger partial charge in [0.2, 0.25) is 6.10 Å². The number of aliphatic carboxylic acids is 1. The zero-order valence-electron chi connectivity index (χ0n) is 11.4. The highest BCUT2D eigenvalue weighted by Crippen LogP contribution is 2.30. The number of nitrogens with two attached hydrogens (primary N) is 1. The normalized spacial score (nSPS) is 15.6. The Morgan fingerprint density at radius 1 is 1.10 bits per heavy atom. The summed E-state index contributed by atoms with van der Waals surface area (Å²) in [5, 5.41) is 8.66. The Morgan fingerprint density at radius 2 is 1.71 bits per heavy atom. The highest BCUT2D eigenvalue weighted by molar-refractivity contribution is 5.73. The standard InChI is InChI=1S/C9H8O4.C7H9N/c10-9(11)8-5-12-6-3-1-2-4-7(6)13-8;8-6-7-4-2-1-3-5-7/h1-4,8H,5H2,(H,10,11);1-5H,6,8H2. The third-order valence-electron chi connectivity index (χ3n) is 2.86. The molecule has 0 spiro atoms. The summed E-state index contributed by atoms with van der Waals surface area (Å²) in [6, 6.07) is 17.0. The number of rotatable bonds is 2. The molecule has 2 aromatic rings. The summed E-state index contributed by atoms with van der Waals surface area (Å²) in [5.74, 6) is 0.0793. The van der Waals surface area contributed by atoms with Crippen LogP contribution in [-0.2, 0) is 11.3 Å². The summed E-state index contributed by atoms with van der Waals surface area (Å²) in [6.07, 6.45) is -0.894. The van der Waals surface area contributed by atoms with Crippen molar-refractivity contribution >= 4 is 5.97 Å². The predicted octanol–water partition coefficient (Wildman–Crippen LogP) is 2.06. The van der Waals surface area contributed by atoms with Gasteiger partial charge < -0.3 is 20.3 Å². The number of carboxylic acid groups (broad SMARTS) is 1. The number of carboxylic acids is 1. The van der Waals surface area contributed by atoms with Crippen molar-refractivity contribution < 1.29 is 19.4 Å². The van der Waals surface area contributed by atoms with Crippen LogP contribution in [-0.4, -0.2) is 23.8 Å². The fraction of sp³-hybridized carbons (Fsp3) is 0.188. The Hall–Kier alpha value is -2.53. The van der Waals surface area contributed by atoms with Crippen LogP contribution < -0.4 is 15.2 Å². The van der Waals surface area contributed by atoms with E-state index >= 15 is 0 Å². The Labute approximate surface area is 122 Å². The number of para-hydroxylation sites is 2. The quantitative estimate of drug-likeness (QED) is 0.883. The van der Waals surface area contributed by atoms with Crippen LogP contribution in [0.2, 0.25) is 0 Å². The largest absolute Gasteiger partial charge is 0.485 e. The summed E-state index contributed by atoms with van der Waals surface area (Å²) in [6.45, 7) is 0.702. The summed E-state index contributed by atoms with van der Waals surface area (Å²) < 4.78 is 10.4. The van der Waals surface area contributed by atoms with Crippen LogP contribution in [0.1, 0.15) is 5.56 Å². The van der Waals surface area contributed by atoms with Gasteiger partial charge >= 0.3 is 5.97 Å². The van der Waals surface area contributed by atoms with Gasteiger partial charge in [0.1, 0.15) is 6.61 Å². The van der Waals surface area contributed by atoms with Crippen molar-refractivity contribution in [2.24, 2.45) is 5.73 Å². The lowest BCUT2D eigenvalue weighted by atomic mass is 10.2. The number of fused-ring (bicyclic) bond motifs is 1. The first-order valence-electron chi connectivity index (χ1n) is 6.56. The molecule has 0 fully saturated rings. The maximum atomic E-state index is 10.6. The van der Waals surface area contributed by atoms with Gasteiger partial charge in [0.05, 0.1) is 0 Å². The molecule has 0 aromatic heterocycles. The zero-order valence-corrected chi connectivity index (χ0v) is 11.4. The van der Waals surface area contributed by atoms with Crippen molar-refractivity contribution in [2.45, 2.75) is 12.6 Å². The molecule has 0 radical (unpaired) electrons. The lowest BCUT2D eigenvalue weighted by Crippen LogP contribution is -2.36. The SMILES string of the molecule is NCc1ccccc1.O=C(O)C1COc2ccccc2O1. The number of hydrogen-bond donors (Lipinski definition) is 2. The first-order chi connectivity index (χ1) is 10.2. The average Bonchev–Trinajstić information content (AvgIpc) is 2.55. The van der Waals surface area contributed by atoms with Crippen molar-refractivity contribution in [3.63, 3.8) is 0 Å². The number of carbonyl (C=O) groups is 1. The molecule has 1 atom stereocenters. The average molecular weight is 287 g/mol. The van der Waals surface area contributed by atoms with E-state index in [9.17, 15) is 4.79 Å². The van der Waals surface area contributed by atoms with Gasteiger partial charge in [0.25, 0.3) is 0 Å². The second-order valence-electron chi connectivity index (χ2n) is 4.39. The molecule has 110 valence electrons. The molecular weight excluding hydrogens is 270 g/mol. The van der Waals surface area contributed by atoms with E-state index in [-0.39, 0.29) is 6.61 Å². The number of hydrogen-bond acceptors (Lipinski definition) is 4. The van der Waals surface area contributed by atoms with Gasteiger partial charge in [-0.05, 0) is 17.7 Å². The van der Waals surface area contributed by atoms with E-state index in [0.29, 0.717) is 18.0 Å². The highest BCUT2D eigenvalue weighted by atomic mass is 16.6. The van der Waals surface area contributed by atoms with Crippen LogP contribution >= 0.6 is 0 Å². The third kappa shape index (κ3) is 4.22. The third-order valence-corrected chi connectivity index (χ3v) is 2.86. The van der Waals surface area contributed by atoms with E-state index in [1.165, 1.54) is 5.56 Å². The fourth-order valence-electron chi connectivity index (χ4n) is 1.76. The summed E-state index contributed by atoms with van der Waals surface area (Å²) in [7, 11) is 0. The monoisotopic (exact) mass is 287 g/mol. The molecule has 5 nitrogen and oxygen atoms in total. The predicted molar refractivity (Wildman–Crippen MR) is 78.3 cm³/mol. The summed E-state index contributed by atoms with van der Waals surface area (Å²) >= 11 is 0. The molecule has 3 rings (SSSR count). The molecule has 0 aliphatic carbocycles. The molecule has 1 aliphatic heterocycles. The fourth-order valence-corrected chi connectivity index (χ4v) is 1.76. The lowest BCUT2D eigenvalue weighted by molar-refractivity contribution is -0.147. The zero-order chi connectivity index (χ0) is 15.1. The van der Waals surface area contributed by atoms with Gasteiger partial charge in [0.15, 0.2) is 11.5 Å². The lowest BCUT2D eigenvalue weighted by Gasteiger charge is -2.23. The number of ether oxygens (including phenoxy) is 2. The van der Waals surface area contributed by atoms with Crippen LogP contribution in [0.5, 0.6) is 11.5 Å². The van der Waals surface area contributed by atoms with Crippen molar-refractivity contribution in [3.8, 4) is 11.5 Å². The van der Waals surface area contributed by atoms with Gasteiger partial charge in [0, 0.05) is 6.54 Å². The molecule has 0 saturated heterocycles. The molecular formula is C16H17NO4. The van der Waals surface area contributed by atoms with Gasteiger partial charge in [-0.15, -0.1) is 0 Å². The summed E-state index contributed by atoms with van der Waals surface area (Å²) in [5.41, 5.74) is 6.54. The Kier molecular flexibility index (Phi) is 5.17. The minimum absolute atomic E-state index is 0.0619. The molecule has 21 heavy (non-hydrogen) atoms. The minimum Gasteiger partial charge on any atom is -0.485 e. The molecule has 1 heterocycles. The van der Waals surface area contributed by atoms with Gasteiger partial charge in [-0.2, -0.15) is 0 Å². The van der Waals surface area contributed by atoms with E-state index < -0.39 is 12.1 Å². The Balaban J connectivity index is 0.000000173. The van der Waals surface area contributed by atoms with E-state index in [0.717, 1.165) is 0 Å². The van der Waals surface area contributed by atoms with E-state index in [1.54, 1.807) is 18.2 Å². The molecule has 2 aromatic carbocycles. The first kappa shape index (κ1) is 14.9. The van der Waals surface area contributed by atoms with E-state index in [1.807, 2.05) is 36.4 Å². The van der Waals surface area contributed by atoms with Crippen LogP contribution in [0.4, 0.5) is 0 Å². The second-order valence-corrected chi connectivity index (χ2v) is 4.39. The number of benzene rings is 2. The Bertz CT molecular complexity index is 586. The maximum Gasteiger partial charge on any atom is 0.348 e. The van der Waals surface area contributed by atoms with Crippen molar-refractivity contribution in [2.75, 3.05) is 6.61 Å². The van der Waals surface area contributed by atoms with Gasteiger partial charge in [-0.25, -0.2) is 4.79 Å². The van der Waals surface area contributed by atoms with Gasteiger partial charge in [-0.1, -0.05) is 42.5 Å². The highest BCUT2D eigenvalue weighted by Gasteiger charge is 2.26. The molecule has 0 amide bonds. The van der Waals surface area contributed by atoms with E-state index in [4.69, 9.17) is 20.3 Å². The van der Waals surface area contributed by atoms with Crippen LogP contribution in [0.25, 0.3) is 0 Å². The molecule has 0 saturated carbocycles. The maximum absolute atomic E-state index is 10.6. The van der Waals surface area contributed by atoms with Crippen LogP contribution in [0.3, 0.4) is 0 Å². The second kappa shape index (κ2) is 7.31. The topological polar surface area (TPSA) is 81.8 Å². The smallest absolute Gasteiger partial charge is 0.348 e. The van der Waals surface area contributed by atoms with Crippen molar-refractivity contribution in [3.05, 3.63) is 60.2 Å². The summed E-state index contributed by atoms with van der Waals surface area (Å²) in [4.78, 5) is 10.6. The molecule has 3 N–H and O–H groups in total. The minimum atomic E-state index is -1.01. The molecule has 1 aliphatic rings. The first-order valence-corrected chi connectivity index (χ1v) is 6.56. The van der Waals surface area contributed by atoms with Crippen molar-refractivity contribution in [1.82, 2.24) is 0 Å². The van der Waals surface area contributed by atoms with Gasteiger partial charge in [-0.3, -0.25) is 0 Å². The molecule has 0 bridgehead atoms. The van der Waals surface area contributed by atoms with Crippen LogP contribution in [0, 0.1) is 0 Å². The molecule has 5 heteroatoms. The molecule has 1 unspecified atom stereocenters.